The molecule has 0 saturated heterocycles. The summed E-state index contributed by atoms with van der Waals surface area (Å²) in [5.74, 6) is 0.00208. The van der Waals surface area contributed by atoms with Gasteiger partial charge in [-0.2, -0.15) is 10.1 Å². The van der Waals surface area contributed by atoms with Gasteiger partial charge in [-0.05, 0) is 22.0 Å². The molecule has 2 aromatic rings. The predicted molar refractivity (Wildman–Crippen MR) is 68.2 cm³/mol. The fourth-order valence-corrected chi connectivity index (χ4v) is 2.84. The Morgan fingerprint density at radius 3 is 2.78 bits per heavy atom. The zero-order chi connectivity index (χ0) is 13.3. The van der Waals surface area contributed by atoms with Gasteiger partial charge in [-0.1, -0.05) is 0 Å². The van der Waals surface area contributed by atoms with Gasteiger partial charge in [0.25, 0.3) is 10.0 Å². The Morgan fingerprint density at radius 1 is 1.44 bits per heavy atom. The van der Waals surface area contributed by atoms with Crippen LogP contribution in [0.15, 0.2) is 28.0 Å². The lowest BCUT2D eigenvalue weighted by molar-refractivity contribution is 0.600. The summed E-state index contributed by atoms with van der Waals surface area (Å²) in [5.41, 5.74) is 5.55. The molecule has 3 N–H and O–H groups in total. The molecule has 8 nitrogen and oxygen atoms in total. The Balaban J connectivity index is 2.43. The monoisotopic (exact) mass is 332 g/mol. The highest BCUT2D eigenvalue weighted by Gasteiger charge is 2.20. The summed E-state index contributed by atoms with van der Waals surface area (Å²) in [5, 5.41) is 3.76. The van der Waals surface area contributed by atoms with Gasteiger partial charge in [-0.15, -0.1) is 0 Å². The van der Waals surface area contributed by atoms with Crippen LogP contribution in [0.25, 0.3) is 0 Å². The Labute approximate surface area is 111 Å². The topological polar surface area (TPSA) is 116 Å². The number of hydrogen-bond donors (Lipinski definition) is 2. The molecule has 0 aromatic carbocycles. The second kappa shape index (κ2) is 4.53. The van der Waals surface area contributed by atoms with E-state index in [0.717, 1.165) is 0 Å². The van der Waals surface area contributed by atoms with Gasteiger partial charge in [0.2, 0.25) is 5.95 Å². The number of sulfonamides is 1. The molecule has 18 heavy (non-hydrogen) atoms. The molecule has 0 saturated carbocycles. The summed E-state index contributed by atoms with van der Waals surface area (Å²) in [7, 11) is -2.29. The minimum absolute atomic E-state index is 0.0899. The van der Waals surface area contributed by atoms with Crippen molar-refractivity contribution in [3.63, 3.8) is 0 Å². The summed E-state index contributed by atoms with van der Waals surface area (Å²) in [6.45, 7) is 0. The van der Waals surface area contributed by atoms with Gasteiger partial charge in [-0.3, -0.25) is 0 Å². The molecule has 2 aromatic heterocycles. The largest absolute Gasteiger partial charge is 0.383 e. The number of hydrogen-bond acceptors (Lipinski definition) is 6. The van der Waals surface area contributed by atoms with Crippen LogP contribution in [0.3, 0.4) is 0 Å². The highest BCUT2D eigenvalue weighted by molar-refractivity contribution is 9.10. The Kier molecular flexibility index (Phi) is 3.22. The van der Waals surface area contributed by atoms with Crippen LogP contribution < -0.4 is 10.5 Å². The molecule has 0 amide bonds. The molecule has 0 fully saturated rings. The number of nitrogens with two attached hydrogens (primary N) is 1. The van der Waals surface area contributed by atoms with Gasteiger partial charge in [0, 0.05) is 17.7 Å². The molecule has 10 heteroatoms. The number of pyridine rings is 1. The first-order chi connectivity index (χ1) is 8.40. The van der Waals surface area contributed by atoms with Gasteiger partial charge in [-0.25, -0.2) is 22.8 Å². The summed E-state index contributed by atoms with van der Waals surface area (Å²) < 4.78 is 28.3. The minimum atomic E-state index is -3.85. The average molecular weight is 333 g/mol. The van der Waals surface area contributed by atoms with Crippen molar-refractivity contribution in [2.24, 2.45) is 7.05 Å². The number of anilines is 2. The van der Waals surface area contributed by atoms with E-state index < -0.39 is 10.0 Å². The van der Waals surface area contributed by atoms with E-state index >= 15 is 0 Å². The van der Waals surface area contributed by atoms with Crippen LogP contribution >= 0.6 is 15.9 Å². The van der Waals surface area contributed by atoms with Crippen LogP contribution in [0.4, 0.5) is 11.8 Å². The highest BCUT2D eigenvalue weighted by atomic mass is 79.9. The van der Waals surface area contributed by atoms with Gasteiger partial charge >= 0.3 is 0 Å². The number of halogens is 1. The van der Waals surface area contributed by atoms with Crippen molar-refractivity contribution in [2.75, 3.05) is 10.5 Å². The van der Waals surface area contributed by atoms with Crippen molar-refractivity contribution in [3.8, 4) is 0 Å². The lowest BCUT2D eigenvalue weighted by Gasteiger charge is -2.08. The van der Waals surface area contributed by atoms with Crippen LogP contribution in [0, 0.1) is 0 Å². The normalized spacial score (nSPS) is 11.4. The number of rotatable bonds is 3. The molecule has 2 rings (SSSR count). The van der Waals surface area contributed by atoms with Gasteiger partial charge in [0.1, 0.15) is 17.0 Å². The minimum Gasteiger partial charge on any atom is -0.383 e. The maximum Gasteiger partial charge on any atom is 0.267 e. The van der Waals surface area contributed by atoms with Crippen molar-refractivity contribution in [2.45, 2.75) is 4.90 Å². The first-order valence-corrected chi connectivity index (χ1v) is 6.95. The standard InChI is InChI=1S/C8H9BrN6O2S/c1-15-8(12-4-13-15)14-18(16,17)6-2-5(9)3-11-7(6)10/h2-4H,1H3,(H2,10,11)(H,12,13,14). The van der Waals surface area contributed by atoms with Crippen LogP contribution in [-0.4, -0.2) is 28.2 Å². The van der Waals surface area contributed by atoms with Crippen molar-refractivity contribution in [1.82, 2.24) is 19.7 Å². The number of aromatic nitrogens is 4. The summed E-state index contributed by atoms with van der Waals surface area (Å²) >= 11 is 3.14. The van der Waals surface area contributed by atoms with Crippen LogP contribution in [-0.2, 0) is 17.1 Å². The van der Waals surface area contributed by atoms with E-state index in [2.05, 4.69) is 35.7 Å². The second-order valence-electron chi connectivity index (χ2n) is 3.35. The molecule has 2 heterocycles. The summed E-state index contributed by atoms with van der Waals surface area (Å²) in [6.07, 6.45) is 2.65. The van der Waals surface area contributed by atoms with Crippen molar-refractivity contribution in [1.29, 1.82) is 0 Å². The third-order valence-electron chi connectivity index (χ3n) is 2.07. The van der Waals surface area contributed by atoms with Crippen LogP contribution in [0.2, 0.25) is 0 Å². The Morgan fingerprint density at radius 2 is 2.17 bits per heavy atom. The maximum absolute atomic E-state index is 12.1. The van der Waals surface area contributed by atoms with Crippen molar-refractivity contribution in [3.05, 3.63) is 23.1 Å². The van der Waals surface area contributed by atoms with E-state index in [1.807, 2.05) is 0 Å². The molecule has 0 aliphatic heterocycles. The number of nitrogens with zero attached hydrogens (tertiary/aromatic N) is 4. The van der Waals surface area contributed by atoms with E-state index in [9.17, 15) is 8.42 Å². The van der Waals surface area contributed by atoms with E-state index in [0.29, 0.717) is 4.47 Å². The van der Waals surface area contributed by atoms with Crippen molar-refractivity contribution < 1.29 is 8.42 Å². The molecular weight excluding hydrogens is 324 g/mol. The fraction of sp³-hybridized carbons (Fsp3) is 0.125. The van der Waals surface area contributed by atoms with Gasteiger partial charge in [0.15, 0.2) is 0 Å². The predicted octanol–water partition coefficient (Wildman–Crippen LogP) is 0.356. The molecule has 0 spiro atoms. The van der Waals surface area contributed by atoms with E-state index in [1.54, 1.807) is 7.05 Å². The number of nitrogens with one attached hydrogen (secondary N) is 1. The second-order valence-corrected chi connectivity index (χ2v) is 5.92. The van der Waals surface area contributed by atoms with Gasteiger partial charge < -0.3 is 5.73 Å². The lowest BCUT2D eigenvalue weighted by Crippen LogP contribution is -2.18. The van der Waals surface area contributed by atoms with E-state index in [1.165, 1.54) is 23.3 Å². The summed E-state index contributed by atoms with van der Waals surface area (Å²) in [4.78, 5) is 7.41. The Bertz CT molecular complexity index is 683. The first-order valence-electron chi connectivity index (χ1n) is 4.68. The first kappa shape index (κ1) is 12.8. The molecule has 0 aliphatic rings. The van der Waals surface area contributed by atoms with E-state index in [-0.39, 0.29) is 16.7 Å². The molecule has 0 radical (unpaired) electrons. The maximum atomic E-state index is 12.1. The van der Waals surface area contributed by atoms with Gasteiger partial charge in [0.05, 0.1) is 0 Å². The fourth-order valence-electron chi connectivity index (χ4n) is 1.21. The zero-order valence-electron chi connectivity index (χ0n) is 9.20. The van der Waals surface area contributed by atoms with Crippen LogP contribution in [0.1, 0.15) is 0 Å². The smallest absolute Gasteiger partial charge is 0.267 e. The third-order valence-corrected chi connectivity index (χ3v) is 3.87. The molecule has 0 atom stereocenters. The zero-order valence-corrected chi connectivity index (χ0v) is 11.6. The Hall–Kier alpha value is -1.68. The van der Waals surface area contributed by atoms with E-state index in [4.69, 9.17) is 5.73 Å². The molecule has 96 valence electrons. The molecule has 0 aliphatic carbocycles. The third kappa shape index (κ3) is 2.43. The SMILES string of the molecule is Cn1ncnc1NS(=O)(=O)c1cc(Br)cnc1N. The highest BCUT2D eigenvalue weighted by Crippen LogP contribution is 2.22. The molecule has 0 bridgehead atoms. The van der Waals surface area contributed by atoms with Crippen LogP contribution in [0.5, 0.6) is 0 Å². The number of nitrogen functional groups attached to an aromatic ring is 1. The molecular formula is C8H9BrN6O2S. The summed E-state index contributed by atoms with van der Waals surface area (Å²) in [6, 6.07) is 1.36. The number of aryl methyl sites for hydroxylation is 1. The lowest BCUT2D eigenvalue weighted by atomic mass is 10.5. The quantitative estimate of drug-likeness (QED) is 0.838. The average Bonchev–Trinajstić information content (AvgIpc) is 2.67. The molecule has 0 unspecified atom stereocenters. The van der Waals surface area contributed by atoms with Crippen molar-refractivity contribution >= 4 is 37.7 Å².